The minimum Gasteiger partial charge on any atom is -0.350 e. The fraction of sp³-hybridized carbons (Fsp3) is 0.176. The summed E-state index contributed by atoms with van der Waals surface area (Å²) in [6.45, 7) is 2.36. The quantitative estimate of drug-likeness (QED) is 0.891. The van der Waals surface area contributed by atoms with Gasteiger partial charge in [-0.15, -0.1) is 0 Å². The van der Waals surface area contributed by atoms with E-state index in [0.29, 0.717) is 17.1 Å². The number of aryl methyl sites for hydroxylation is 1. The van der Waals surface area contributed by atoms with Gasteiger partial charge in [-0.3, -0.25) is 9.59 Å². The number of carbonyl (C=O) groups excluding carboxylic acids is 2. The third-order valence-electron chi connectivity index (χ3n) is 3.07. The highest BCUT2D eigenvalue weighted by Crippen LogP contribution is 2.10. The van der Waals surface area contributed by atoms with E-state index in [2.05, 4.69) is 10.6 Å². The van der Waals surface area contributed by atoms with Crippen molar-refractivity contribution in [3.8, 4) is 0 Å². The molecule has 0 saturated carbocycles. The second-order valence-corrected chi connectivity index (χ2v) is 5.40. The Hall–Kier alpha value is -2.33. The third kappa shape index (κ3) is 4.90. The van der Waals surface area contributed by atoms with Gasteiger partial charge in [0, 0.05) is 17.1 Å². The molecule has 0 unspecified atom stereocenters. The first-order chi connectivity index (χ1) is 10.5. The molecule has 0 radical (unpaired) electrons. The van der Waals surface area contributed by atoms with Crippen LogP contribution in [0.25, 0.3) is 0 Å². The Morgan fingerprint density at radius 3 is 2.55 bits per heavy atom. The maximum atomic E-state index is 11.9. The number of benzene rings is 2. The lowest BCUT2D eigenvalue weighted by molar-refractivity contribution is -0.120. The number of hydrogen-bond acceptors (Lipinski definition) is 2. The van der Waals surface area contributed by atoms with E-state index in [1.807, 2.05) is 31.2 Å². The number of rotatable bonds is 5. The molecule has 2 amide bonds. The summed E-state index contributed by atoms with van der Waals surface area (Å²) < 4.78 is 0. The van der Waals surface area contributed by atoms with E-state index in [1.165, 1.54) is 0 Å². The second-order valence-electron chi connectivity index (χ2n) is 4.96. The molecule has 2 aromatic rings. The van der Waals surface area contributed by atoms with Crippen molar-refractivity contribution in [1.82, 2.24) is 10.6 Å². The van der Waals surface area contributed by atoms with Gasteiger partial charge in [-0.1, -0.05) is 47.5 Å². The van der Waals surface area contributed by atoms with Crippen LogP contribution in [0.3, 0.4) is 0 Å². The Morgan fingerprint density at radius 2 is 1.82 bits per heavy atom. The highest BCUT2D eigenvalue weighted by molar-refractivity contribution is 6.30. The molecule has 0 heterocycles. The van der Waals surface area contributed by atoms with Crippen molar-refractivity contribution in [2.24, 2.45) is 0 Å². The molecule has 2 N–H and O–H groups in total. The zero-order valence-electron chi connectivity index (χ0n) is 12.2. The van der Waals surface area contributed by atoms with Crippen molar-refractivity contribution in [1.29, 1.82) is 0 Å². The largest absolute Gasteiger partial charge is 0.350 e. The Kier molecular flexibility index (Phi) is 5.55. The predicted octanol–water partition coefficient (Wildman–Crippen LogP) is 2.69. The average molecular weight is 317 g/mol. The molecule has 0 aliphatic carbocycles. The van der Waals surface area contributed by atoms with Crippen LogP contribution >= 0.6 is 11.6 Å². The fourth-order valence-corrected chi connectivity index (χ4v) is 2.17. The van der Waals surface area contributed by atoms with E-state index < -0.39 is 0 Å². The molecule has 0 saturated heterocycles. The van der Waals surface area contributed by atoms with Crippen molar-refractivity contribution >= 4 is 23.4 Å². The van der Waals surface area contributed by atoms with Crippen molar-refractivity contribution in [3.63, 3.8) is 0 Å². The molecule has 5 heteroatoms. The number of carbonyl (C=O) groups is 2. The summed E-state index contributed by atoms with van der Waals surface area (Å²) in [6, 6.07) is 14.5. The Bertz CT molecular complexity index is 686. The monoisotopic (exact) mass is 316 g/mol. The summed E-state index contributed by atoms with van der Waals surface area (Å²) >= 11 is 5.82. The van der Waals surface area contributed by atoms with Crippen LogP contribution in [-0.4, -0.2) is 18.4 Å². The first-order valence-electron chi connectivity index (χ1n) is 6.90. The lowest BCUT2D eigenvalue weighted by Gasteiger charge is -2.08. The molecule has 0 aliphatic rings. The molecular formula is C17H17ClN2O2. The van der Waals surface area contributed by atoms with Gasteiger partial charge >= 0.3 is 0 Å². The van der Waals surface area contributed by atoms with Gasteiger partial charge in [0.25, 0.3) is 5.91 Å². The Balaban J connectivity index is 1.79. The van der Waals surface area contributed by atoms with Crippen molar-refractivity contribution < 1.29 is 9.59 Å². The van der Waals surface area contributed by atoms with Crippen LogP contribution in [0, 0.1) is 6.92 Å². The molecule has 0 aliphatic heterocycles. The van der Waals surface area contributed by atoms with E-state index in [1.54, 1.807) is 24.3 Å². The maximum absolute atomic E-state index is 11.9. The smallest absolute Gasteiger partial charge is 0.251 e. The van der Waals surface area contributed by atoms with Gasteiger partial charge in [0.15, 0.2) is 0 Å². The standard InChI is InChI=1S/C17H17ClN2O2/c1-12-4-2-5-13(8-12)10-19-16(21)11-20-17(22)14-6-3-7-15(18)9-14/h2-9H,10-11H2,1H3,(H,19,21)(H,20,22). The first-order valence-corrected chi connectivity index (χ1v) is 7.28. The zero-order chi connectivity index (χ0) is 15.9. The van der Waals surface area contributed by atoms with Gasteiger partial charge in [-0.25, -0.2) is 0 Å². The highest BCUT2D eigenvalue weighted by atomic mass is 35.5. The molecule has 2 rings (SSSR count). The summed E-state index contributed by atoms with van der Waals surface area (Å²) in [5.41, 5.74) is 2.59. The van der Waals surface area contributed by atoms with Crippen molar-refractivity contribution in [3.05, 3.63) is 70.2 Å². The normalized spacial score (nSPS) is 10.1. The van der Waals surface area contributed by atoms with Crippen LogP contribution in [0.1, 0.15) is 21.5 Å². The molecular weight excluding hydrogens is 300 g/mol. The number of halogens is 1. The molecule has 22 heavy (non-hydrogen) atoms. The summed E-state index contributed by atoms with van der Waals surface area (Å²) in [4.78, 5) is 23.6. The van der Waals surface area contributed by atoms with E-state index in [0.717, 1.165) is 11.1 Å². The molecule has 0 spiro atoms. The second kappa shape index (κ2) is 7.61. The summed E-state index contributed by atoms with van der Waals surface area (Å²) in [5, 5.41) is 5.81. The molecule has 2 aromatic carbocycles. The number of nitrogens with one attached hydrogen (secondary N) is 2. The average Bonchev–Trinajstić information content (AvgIpc) is 2.50. The molecule has 114 valence electrons. The zero-order valence-corrected chi connectivity index (χ0v) is 13.0. The van der Waals surface area contributed by atoms with Crippen LogP contribution in [0.5, 0.6) is 0 Å². The van der Waals surface area contributed by atoms with Gasteiger partial charge in [-0.2, -0.15) is 0 Å². The van der Waals surface area contributed by atoms with E-state index in [-0.39, 0.29) is 18.4 Å². The van der Waals surface area contributed by atoms with Crippen LogP contribution < -0.4 is 10.6 Å². The molecule has 0 atom stereocenters. The van der Waals surface area contributed by atoms with Crippen molar-refractivity contribution in [2.45, 2.75) is 13.5 Å². The Labute approximate surface area is 134 Å². The lowest BCUT2D eigenvalue weighted by Crippen LogP contribution is -2.36. The Morgan fingerprint density at radius 1 is 1.05 bits per heavy atom. The number of amides is 2. The molecule has 0 fully saturated rings. The third-order valence-corrected chi connectivity index (χ3v) is 3.30. The van der Waals surface area contributed by atoms with Crippen LogP contribution in [-0.2, 0) is 11.3 Å². The maximum Gasteiger partial charge on any atom is 0.251 e. The van der Waals surface area contributed by atoms with Gasteiger partial charge in [0.2, 0.25) is 5.91 Å². The topological polar surface area (TPSA) is 58.2 Å². The SMILES string of the molecule is Cc1cccc(CNC(=O)CNC(=O)c2cccc(Cl)c2)c1. The molecule has 0 aromatic heterocycles. The van der Waals surface area contributed by atoms with Gasteiger partial charge in [0.05, 0.1) is 6.54 Å². The van der Waals surface area contributed by atoms with Crippen molar-refractivity contribution in [2.75, 3.05) is 6.54 Å². The van der Waals surface area contributed by atoms with Crippen LogP contribution in [0.2, 0.25) is 5.02 Å². The van der Waals surface area contributed by atoms with Gasteiger partial charge < -0.3 is 10.6 Å². The molecule has 0 bridgehead atoms. The summed E-state index contributed by atoms with van der Waals surface area (Å²) in [5.74, 6) is -0.565. The van der Waals surface area contributed by atoms with Crippen LogP contribution in [0.4, 0.5) is 0 Å². The first kappa shape index (κ1) is 16.0. The summed E-state index contributed by atoms with van der Waals surface area (Å²) in [7, 11) is 0. The summed E-state index contributed by atoms with van der Waals surface area (Å²) in [6.07, 6.45) is 0. The van der Waals surface area contributed by atoms with E-state index >= 15 is 0 Å². The lowest BCUT2D eigenvalue weighted by atomic mass is 10.1. The molecule has 4 nitrogen and oxygen atoms in total. The van der Waals surface area contributed by atoms with E-state index in [9.17, 15) is 9.59 Å². The number of hydrogen-bond donors (Lipinski definition) is 2. The van der Waals surface area contributed by atoms with Gasteiger partial charge in [-0.05, 0) is 30.7 Å². The highest BCUT2D eigenvalue weighted by Gasteiger charge is 2.08. The van der Waals surface area contributed by atoms with Gasteiger partial charge in [0.1, 0.15) is 0 Å². The predicted molar refractivity (Wildman–Crippen MR) is 86.8 cm³/mol. The van der Waals surface area contributed by atoms with E-state index in [4.69, 9.17) is 11.6 Å². The minimum absolute atomic E-state index is 0.0723. The minimum atomic E-state index is -0.326. The van der Waals surface area contributed by atoms with Crippen LogP contribution in [0.15, 0.2) is 48.5 Å². The fourth-order valence-electron chi connectivity index (χ4n) is 1.98.